The number of carbonyl (C=O) groups excluding carboxylic acids is 1. The second-order valence-electron chi connectivity index (χ2n) is 6.26. The van der Waals surface area contributed by atoms with Crippen LogP contribution in [0.4, 0.5) is 5.69 Å². The second kappa shape index (κ2) is 10.2. The highest BCUT2D eigenvalue weighted by Gasteiger charge is 2.24. The fraction of sp³-hybridized carbons (Fsp3) is 0.444. The summed E-state index contributed by atoms with van der Waals surface area (Å²) in [6.45, 7) is 3.19. The maximum Gasteiger partial charge on any atom is 0.226 e. The van der Waals surface area contributed by atoms with Crippen molar-refractivity contribution in [2.75, 3.05) is 25.5 Å². The first-order chi connectivity index (χ1) is 12.7. The van der Waals surface area contributed by atoms with Gasteiger partial charge in [-0.05, 0) is 25.0 Å². The van der Waals surface area contributed by atoms with Crippen LogP contribution in [0.15, 0.2) is 33.8 Å². The molecular weight excluding hydrogens is 459 g/mol. The van der Waals surface area contributed by atoms with Gasteiger partial charge in [0.25, 0.3) is 0 Å². The maximum atomic E-state index is 11.9. The summed E-state index contributed by atoms with van der Waals surface area (Å²) in [4.78, 5) is 20.3. The lowest BCUT2D eigenvalue weighted by Crippen LogP contribution is -2.41. The maximum absolute atomic E-state index is 11.9. The minimum atomic E-state index is 0. The van der Waals surface area contributed by atoms with Crippen molar-refractivity contribution in [3.05, 3.63) is 41.5 Å². The number of amides is 1. The molecule has 3 rings (SSSR count). The monoisotopic (exact) mass is 484 g/mol. The van der Waals surface area contributed by atoms with E-state index >= 15 is 0 Å². The fourth-order valence-electron chi connectivity index (χ4n) is 3.01. The van der Waals surface area contributed by atoms with Crippen molar-refractivity contribution in [3.63, 3.8) is 0 Å². The number of aromatic nitrogens is 2. The van der Waals surface area contributed by atoms with Gasteiger partial charge in [0.2, 0.25) is 11.8 Å². The van der Waals surface area contributed by atoms with Gasteiger partial charge < -0.3 is 20.5 Å². The van der Waals surface area contributed by atoms with E-state index < -0.39 is 0 Å². The summed E-state index contributed by atoms with van der Waals surface area (Å²) in [7, 11) is 1.73. The van der Waals surface area contributed by atoms with Gasteiger partial charge in [0.15, 0.2) is 11.8 Å². The highest BCUT2D eigenvalue weighted by atomic mass is 127. The number of guanidine groups is 1. The Kier molecular flexibility index (Phi) is 8.01. The predicted molar refractivity (Wildman–Crippen MR) is 115 cm³/mol. The molecule has 1 aromatic carbocycles. The molecule has 9 heteroatoms. The Bertz CT molecular complexity index is 792. The number of fused-ring (bicyclic) bond motifs is 1. The van der Waals surface area contributed by atoms with Crippen LogP contribution in [0.1, 0.15) is 36.0 Å². The van der Waals surface area contributed by atoms with Gasteiger partial charge in [-0.2, -0.15) is 4.98 Å². The van der Waals surface area contributed by atoms with Gasteiger partial charge in [-0.15, -0.1) is 24.0 Å². The van der Waals surface area contributed by atoms with Crippen LogP contribution in [-0.2, 0) is 11.2 Å². The Labute approximate surface area is 175 Å². The van der Waals surface area contributed by atoms with Crippen LogP contribution in [0, 0.1) is 6.92 Å². The zero-order chi connectivity index (χ0) is 18.4. The molecule has 0 radical (unpaired) electrons. The number of nitrogens with zero attached hydrogens (tertiary/aromatic N) is 3. The summed E-state index contributed by atoms with van der Waals surface area (Å²) in [6, 6.07) is 7.92. The molecule has 1 unspecified atom stereocenters. The summed E-state index contributed by atoms with van der Waals surface area (Å²) >= 11 is 0. The van der Waals surface area contributed by atoms with Crippen LogP contribution < -0.4 is 16.0 Å². The smallest absolute Gasteiger partial charge is 0.226 e. The van der Waals surface area contributed by atoms with Crippen LogP contribution in [-0.4, -0.2) is 42.1 Å². The van der Waals surface area contributed by atoms with Crippen molar-refractivity contribution in [1.82, 2.24) is 20.8 Å². The number of rotatable bonds is 6. The zero-order valence-corrected chi connectivity index (χ0v) is 17.8. The molecule has 1 aliphatic heterocycles. The van der Waals surface area contributed by atoms with Gasteiger partial charge in [-0.3, -0.25) is 9.79 Å². The van der Waals surface area contributed by atoms with E-state index in [1.54, 1.807) is 14.0 Å². The van der Waals surface area contributed by atoms with E-state index in [1.807, 2.05) is 18.2 Å². The van der Waals surface area contributed by atoms with Gasteiger partial charge in [-0.25, -0.2) is 0 Å². The Balaban J connectivity index is 0.00000261. The average Bonchev–Trinajstić information content (AvgIpc) is 3.06. The van der Waals surface area contributed by atoms with E-state index in [9.17, 15) is 4.79 Å². The van der Waals surface area contributed by atoms with E-state index in [2.05, 4.69) is 37.1 Å². The lowest BCUT2D eigenvalue weighted by atomic mass is 9.90. The van der Waals surface area contributed by atoms with Gasteiger partial charge in [0.1, 0.15) is 0 Å². The quantitative estimate of drug-likeness (QED) is 0.252. The first-order valence-corrected chi connectivity index (χ1v) is 8.78. The number of anilines is 1. The van der Waals surface area contributed by atoms with E-state index in [0.29, 0.717) is 24.7 Å². The molecule has 2 heterocycles. The molecule has 8 nitrogen and oxygen atoms in total. The first kappa shape index (κ1) is 21.1. The van der Waals surface area contributed by atoms with E-state index in [1.165, 1.54) is 0 Å². The van der Waals surface area contributed by atoms with Crippen molar-refractivity contribution in [2.45, 2.75) is 32.1 Å². The van der Waals surface area contributed by atoms with Crippen LogP contribution >= 0.6 is 24.0 Å². The van der Waals surface area contributed by atoms with Gasteiger partial charge in [0, 0.05) is 44.6 Å². The van der Waals surface area contributed by atoms with Gasteiger partial charge >= 0.3 is 0 Å². The second-order valence-corrected chi connectivity index (χ2v) is 6.26. The van der Waals surface area contributed by atoms with E-state index in [0.717, 1.165) is 36.6 Å². The molecule has 3 N–H and O–H groups in total. The highest BCUT2D eigenvalue weighted by Crippen LogP contribution is 2.31. The fourth-order valence-corrected chi connectivity index (χ4v) is 3.01. The van der Waals surface area contributed by atoms with Crippen molar-refractivity contribution in [2.24, 2.45) is 4.99 Å². The van der Waals surface area contributed by atoms with E-state index in [-0.39, 0.29) is 35.8 Å². The Morgan fingerprint density at radius 3 is 2.93 bits per heavy atom. The molecule has 0 saturated heterocycles. The summed E-state index contributed by atoms with van der Waals surface area (Å²) in [5.74, 6) is 2.20. The van der Waals surface area contributed by atoms with E-state index in [4.69, 9.17) is 4.52 Å². The summed E-state index contributed by atoms with van der Waals surface area (Å²) < 4.78 is 5.10. The molecule has 0 bridgehead atoms. The molecule has 1 aliphatic rings. The molecule has 0 aliphatic carbocycles. The number of carbonyl (C=O) groups is 1. The number of hydrogen-bond acceptors (Lipinski definition) is 5. The van der Waals surface area contributed by atoms with Crippen molar-refractivity contribution in [1.29, 1.82) is 0 Å². The van der Waals surface area contributed by atoms with Crippen molar-refractivity contribution >= 4 is 41.5 Å². The van der Waals surface area contributed by atoms with Crippen LogP contribution in [0.2, 0.25) is 0 Å². The van der Waals surface area contributed by atoms with Gasteiger partial charge in [0.05, 0.1) is 0 Å². The molecular formula is C18H25IN6O2. The number of hydrogen-bond donors (Lipinski definition) is 3. The third-order valence-corrected chi connectivity index (χ3v) is 4.28. The Morgan fingerprint density at radius 1 is 1.37 bits per heavy atom. The van der Waals surface area contributed by atoms with Crippen LogP contribution in [0.25, 0.3) is 0 Å². The molecule has 0 saturated carbocycles. The Hall–Kier alpha value is -2.17. The molecule has 2 aromatic rings. The molecule has 0 spiro atoms. The molecule has 146 valence electrons. The normalized spacial score (nSPS) is 16.1. The summed E-state index contributed by atoms with van der Waals surface area (Å²) in [6.07, 6.45) is 2.05. The number of para-hydroxylation sites is 1. The number of aliphatic imine (C=N–C) groups is 1. The lowest BCUT2D eigenvalue weighted by molar-refractivity contribution is -0.116. The highest BCUT2D eigenvalue weighted by molar-refractivity contribution is 14.0. The third kappa shape index (κ3) is 5.91. The molecule has 0 fully saturated rings. The van der Waals surface area contributed by atoms with Crippen LogP contribution in [0.3, 0.4) is 0 Å². The average molecular weight is 484 g/mol. The summed E-state index contributed by atoms with van der Waals surface area (Å²) in [5.41, 5.74) is 2.05. The van der Waals surface area contributed by atoms with Crippen molar-refractivity contribution in [3.8, 4) is 0 Å². The number of halogens is 1. The SMILES string of the molecule is CN=C(NCCCc1nc(C)no1)NCC1CC(=O)Nc2ccccc21.I. The third-order valence-electron chi connectivity index (χ3n) is 4.28. The first-order valence-electron chi connectivity index (χ1n) is 8.78. The molecule has 27 heavy (non-hydrogen) atoms. The Morgan fingerprint density at radius 2 is 2.19 bits per heavy atom. The van der Waals surface area contributed by atoms with Crippen molar-refractivity contribution < 1.29 is 9.32 Å². The molecule has 1 amide bonds. The predicted octanol–water partition coefficient (Wildman–Crippen LogP) is 2.22. The lowest BCUT2D eigenvalue weighted by Gasteiger charge is -2.26. The largest absolute Gasteiger partial charge is 0.356 e. The number of aryl methyl sites for hydroxylation is 2. The standard InChI is InChI=1S/C18H24N6O2.HI/c1-12-22-17(26-24-12)8-5-9-20-18(19-2)21-11-13-10-16(25)23-15-7-4-3-6-14(13)15;/h3-4,6-7,13H,5,8-11H2,1-2H3,(H,23,25)(H2,19,20,21);1H. The minimum absolute atomic E-state index is 0. The molecule has 1 aromatic heterocycles. The number of benzene rings is 1. The topological polar surface area (TPSA) is 104 Å². The van der Waals surface area contributed by atoms with Gasteiger partial charge in [-0.1, -0.05) is 23.4 Å². The van der Waals surface area contributed by atoms with Crippen LogP contribution in [0.5, 0.6) is 0 Å². The number of nitrogens with one attached hydrogen (secondary N) is 3. The zero-order valence-electron chi connectivity index (χ0n) is 15.5. The molecule has 1 atom stereocenters. The minimum Gasteiger partial charge on any atom is -0.356 e. The summed E-state index contributed by atoms with van der Waals surface area (Å²) in [5, 5.41) is 13.3.